The van der Waals surface area contributed by atoms with Gasteiger partial charge in [-0.3, -0.25) is 0 Å². The summed E-state index contributed by atoms with van der Waals surface area (Å²) in [6.45, 7) is 7.96. The Morgan fingerprint density at radius 2 is 2.00 bits per heavy atom. The van der Waals surface area contributed by atoms with Crippen LogP contribution in [0.3, 0.4) is 0 Å². The lowest BCUT2D eigenvalue weighted by atomic mass is 10.1. The van der Waals surface area contributed by atoms with Crippen LogP contribution in [-0.2, 0) is 0 Å². The highest BCUT2D eigenvalue weighted by Gasteiger charge is 2.67. The predicted octanol–water partition coefficient (Wildman–Crippen LogP) is 4.68. The Labute approximate surface area is 135 Å². The predicted molar refractivity (Wildman–Crippen MR) is 90.3 cm³/mol. The molecule has 1 saturated carbocycles. The van der Waals surface area contributed by atoms with Crippen molar-refractivity contribution in [2.45, 2.75) is 44.1 Å². The number of amides is 1. The van der Waals surface area contributed by atoms with Crippen molar-refractivity contribution < 1.29 is 9.53 Å². The van der Waals surface area contributed by atoms with E-state index in [1.807, 2.05) is 24.3 Å². The number of ether oxygens (including phenoxy) is 1. The molecule has 1 saturated heterocycles. The van der Waals surface area contributed by atoms with Crippen molar-refractivity contribution in [3.8, 4) is 5.75 Å². The van der Waals surface area contributed by atoms with Gasteiger partial charge in [0.2, 0.25) is 0 Å². The van der Waals surface area contributed by atoms with Gasteiger partial charge in [-0.2, -0.15) is 0 Å². The summed E-state index contributed by atoms with van der Waals surface area (Å²) in [5.74, 6) is 1.33. The van der Waals surface area contributed by atoms with E-state index >= 15 is 0 Å². The first-order chi connectivity index (χ1) is 9.84. The number of piperidine rings is 1. The van der Waals surface area contributed by atoms with Crippen LogP contribution in [0.25, 0.3) is 0 Å². The van der Waals surface area contributed by atoms with Crippen molar-refractivity contribution in [3.63, 3.8) is 0 Å². The summed E-state index contributed by atoms with van der Waals surface area (Å²) < 4.78 is 6.60. The molecule has 0 aromatic heterocycles. The Bertz CT molecular complexity index is 554. The van der Waals surface area contributed by atoms with Gasteiger partial charge in [0.15, 0.2) is 0 Å². The molecule has 0 N–H and O–H groups in total. The molecule has 1 aliphatic heterocycles. The number of carbonyl (C=O) groups excluding carboxylic acids is 1. The number of carbonyl (C=O) groups is 1. The van der Waals surface area contributed by atoms with Crippen LogP contribution in [0.2, 0.25) is 19.6 Å². The minimum Gasteiger partial charge on any atom is -0.410 e. The van der Waals surface area contributed by atoms with Gasteiger partial charge in [0, 0.05) is 16.2 Å². The lowest BCUT2D eigenvalue weighted by Crippen LogP contribution is -2.59. The van der Waals surface area contributed by atoms with Crippen LogP contribution in [-0.4, -0.2) is 30.8 Å². The van der Waals surface area contributed by atoms with Gasteiger partial charge < -0.3 is 9.64 Å². The van der Waals surface area contributed by atoms with E-state index in [1.165, 1.54) is 12.8 Å². The Morgan fingerprint density at radius 3 is 2.62 bits per heavy atom. The topological polar surface area (TPSA) is 29.5 Å². The first-order valence-corrected chi connectivity index (χ1v) is 11.9. The van der Waals surface area contributed by atoms with E-state index in [2.05, 4.69) is 40.5 Å². The number of hydrogen-bond donors (Lipinski definition) is 0. The molecule has 0 bridgehead atoms. The summed E-state index contributed by atoms with van der Waals surface area (Å²) in [6.07, 6.45) is 3.39. The van der Waals surface area contributed by atoms with Crippen molar-refractivity contribution in [1.29, 1.82) is 0 Å². The van der Waals surface area contributed by atoms with E-state index in [9.17, 15) is 4.79 Å². The molecule has 1 heterocycles. The molecule has 1 aromatic rings. The van der Waals surface area contributed by atoms with E-state index < -0.39 is 8.07 Å². The average Bonchev–Trinajstić information content (AvgIpc) is 3.16. The van der Waals surface area contributed by atoms with Crippen molar-refractivity contribution in [2.75, 3.05) is 6.54 Å². The number of likely N-dealkylation sites (tertiary alicyclic amines) is 1. The Kier molecular flexibility index (Phi) is 3.68. The van der Waals surface area contributed by atoms with E-state index in [-0.39, 0.29) is 11.3 Å². The Morgan fingerprint density at radius 1 is 1.33 bits per heavy atom. The van der Waals surface area contributed by atoms with Gasteiger partial charge in [0.1, 0.15) is 5.75 Å². The van der Waals surface area contributed by atoms with Gasteiger partial charge in [-0.05, 0) is 49.4 Å². The molecule has 1 amide bonds. The summed E-state index contributed by atoms with van der Waals surface area (Å²) in [4.78, 5) is 14.7. The molecular weight excluding hydrogens is 346 g/mol. The van der Waals surface area contributed by atoms with Crippen molar-refractivity contribution in [3.05, 3.63) is 28.7 Å². The largest absolute Gasteiger partial charge is 0.415 e. The first kappa shape index (κ1) is 15.1. The number of hydrogen-bond acceptors (Lipinski definition) is 2. The Hall–Kier alpha value is -0.813. The van der Waals surface area contributed by atoms with Crippen molar-refractivity contribution in [1.82, 2.24) is 4.90 Å². The summed E-state index contributed by atoms with van der Waals surface area (Å²) >= 11 is 3.39. The highest BCUT2D eigenvalue weighted by atomic mass is 79.9. The molecule has 0 unspecified atom stereocenters. The van der Waals surface area contributed by atoms with E-state index in [0.717, 1.165) is 17.4 Å². The zero-order valence-electron chi connectivity index (χ0n) is 12.9. The molecule has 21 heavy (non-hydrogen) atoms. The van der Waals surface area contributed by atoms with Crippen LogP contribution < -0.4 is 4.74 Å². The normalized spacial score (nSPS) is 28.0. The molecule has 114 valence electrons. The fourth-order valence-corrected chi connectivity index (χ4v) is 7.42. The molecule has 2 atom stereocenters. The molecule has 2 fully saturated rings. The standard InChI is InChI=1S/C16H22BrNO2Si/c1-21(2,3)16-11-12(16)5-4-10-18(16)15(19)20-14-8-6-13(17)7-9-14/h6-9,12H,4-5,10-11H2,1-3H3/t12-,16-/m1/s1. The number of benzene rings is 1. The smallest absolute Gasteiger partial charge is 0.410 e. The van der Waals surface area contributed by atoms with Crippen molar-refractivity contribution in [2.24, 2.45) is 5.92 Å². The second-order valence-electron chi connectivity index (χ2n) is 7.19. The molecule has 1 aliphatic carbocycles. The van der Waals surface area contributed by atoms with Crippen molar-refractivity contribution >= 4 is 30.1 Å². The third kappa shape index (κ3) is 2.55. The summed E-state index contributed by atoms with van der Waals surface area (Å²) in [7, 11) is -1.44. The van der Waals surface area contributed by atoms with Crippen LogP contribution in [0.15, 0.2) is 28.7 Å². The number of fused-ring (bicyclic) bond motifs is 1. The molecule has 0 spiro atoms. The minimum atomic E-state index is -1.44. The summed E-state index contributed by atoms with van der Waals surface area (Å²) in [5, 5.41) is 0.137. The maximum absolute atomic E-state index is 12.7. The third-order valence-corrected chi connectivity index (χ3v) is 9.04. The van der Waals surface area contributed by atoms with Gasteiger partial charge in [-0.1, -0.05) is 35.6 Å². The SMILES string of the molecule is C[Si](C)(C)[C@]12C[C@H]1CCCN2C(=O)Oc1ccc(Br)cc1. The number of rotatable bonds is 2. The molecule has 3 rings (SSSR count). The minimum absolute atomic E-state index is 0.137. The van der Waals surface area contributed by atoms with Gasteiger partial charge in [-0.25, -0.2) is 4.79 Å². The molecule has 5 heteroatoms. The zero-order valence-corrected chi connectivity index (χ0v) is 15.4. The quantitative estimate of drug-likeness (QED) is 0.710. The van der Waals surface area contributed by atoms with Gasteiger partial charge >= 0.3 is 6.09 Å². The molecule has 3 nitrogen and oxygen atoms in total. The maximum atomic E-state index is 12.7. The van der Waals surface area contributed by atoms with Crippen LogP contribution in [0.4, 0.5) is 4.79 Å². The highest BCUT2D eigenvalue weighted by molar-refractivity contribution is 9.10. The summed E-state index contributed by atoms with van der Waals surface area (Å²) in [5.41, 5.74) is 0. The van der Waals surface area contributed by atoms with E-state index in [4.69, 9.17) is 4.74 Å². The molecular formula is C16H22BrNO2Si. The molecule has 2 aliphatic rings. The van der Waals surface area contributed by atoms with Crippen LogP contribution in [0.5, 0.6) is 5.75 Å². The van der Waals surface area contributed by atoms with Crippen LogP contribution >= 0.6 is 15.9 Å². The fraction of sp³-hybridized carbons (Fsp3) is 0.562. The number of nitrogens with zero attached hydrogens (tertiary/aromatic N) is 1. The zero-order chi connectivity index (χ0) is 15.3. The van der Waals surface area contributed by atoms with E-state index in [0.29, 0.717) is 11.7 Å². The first-order valence-electron chi connectivity index (χ1n) is 7.59. The summed E-state index contributed by atoms with van der Waals surface area (Å²) in [6, 6.07) is 7.45. The molecule has 1 aromatic carbocycles. The maximum Gasteiger partial charge on any atom is 0.415 e. The second-order valence-corrected chi connectivity index (χ2v) is 13.5. The lowest BCUT2D eigenvalue weighted by Gasteiger charge is -2.43. The van der Waals surface area contributed by atoms with Gasteiger partial charge in [-0.15, -0.1) is 0 Å². The lowest BCUT2D eigenvalue weighted by molar-refractivity contribution is 0.125. The average molecular weight is 368 g/mol. The van der Waals surface area contributed by atoms with Gasteiger partial charge in [0.25, 0.3) is 0 Å². The van der Waals surface area contributed by atoms with Crippen LogP contribution in [0, 0.1) is 5.92 Å². The monoisotopic (exact) mass is 367 g/mol. The highest BCUT2D eigenvalue weighted by Crippen LogP contribution is 2.59. The Balaban J connectivity index is 1.78. The van der Waals surface area contributed by atoms with Gasteiger partial charge in [0.05, 0.1) is 8.07 Å². The third-order valence-electron chi connectivity index (χ3n) is 5.03. The van der Waals surface area contributed by atoms with Crippen LogP contribution in [0.1, 0.15) is 19.3 Å². The van der Waals surface area contributed by atoms with E-state index in [1.54, 1.807) is 0 Å². The second kappa shape index (κ2) is 5.13. The number of halogens is 1. The molecule has 0 radical (unpaired) electrons. The fourth-order valence-electron chi connectivity index (χ4n) is 3.92.